The summed E-state index contributed by atoms with van der Waals surface area (Å²) in [5, 5.41) is 1.20. The van der Waals surface area contributed by atoms with Crippen molar-refractivity contribution in [1.29, 1.82) is 0 Å². The zero-order valence-electron chi connectivity index (χ0n) is 14.2. The van der Waals surface area contributed by atoms with Crippen molar-refractivity contribution in [1.82, 2.24) is 0 Å². The van der Waals surface area contributed by atoms with Crippen LogP contribution in [0.2, 0.25) is 0 Å². The second kappa shape index (κ2) is 7.82. The predicted octanol–water partition coefficient (Wildman–Crippen LogP) is 5.92. The first-order valence-corrected chi connectivity index (χ1v) is 9.34. The molecule has 0 saturated carbocycles. The van der Waals surface area contributed by atoms with Crippen LogP contribution < -0.4 is 0 Å². The van der Waals surface area contributed by atoms with Gasteiger partial charge in [-0.15, -0.1) is 11.3 Å². The summed E-state index contributed by atoms with van der Waals surface area (Å²) in [5.41, 5.74) is 3.29. The fraction of sp³-hybridized carbons (Fsp3) is 0.0417. The highest BCUT2D eigenvalue weighted by Gasteiger charge is 2.08. The molecule has 3 aromatic carbocycles. The summed E-state index contributed by atoms with van der Waals surface area (Å²) in [6.07, 6.45) is 1.96. The molecule has 4 aromatic rings. The fourth-order valence-corrected chi connectivity index (χ4v) is 3.81. The van der Waals surface area contributed by atoms with Crippen molar-refractivity contribution in [2.75, 3.05) is 0 Å². The molecule has 0 saturated heterocycles. The molecule has 0 N–H and O–H groups in total. The SMILES string of the molecule is C(#Cc1c(C=NCc2ccccc2)sc2ccccc12)c1ccccc1. The van der Waals surface area contributed by atoms with Gasteiger partial charge in [-0.2, -0.15) is 0 Å². The summed E-state index contributed by atoms with van der Waals surface area (Å²) in [7, 11) is 0. The Balaban J connectivity index is 1.69. The molecule has 26 heavy (non-hydrogen) atoms. The van der Waals surface area contributed by atoms with E-state index in [4.69, 9.17) is 0 Å². The van der Waals surface area contributed by atoms with Crippen LogP contribution in [0.5, 0.6) is 0 Å². The Morgan fingerprint density at radius 1 is 0.769 bits per heavy atom. The Morgan fingerprint density at radius 3 is 2.27 bits per heavy atom. The average molecular weight is 351 g/mol. The largest absolute Gasteiger partial charge is 0.287 e. The molecule has 0 spiro atoms. The van der Waals surface area contributed by atoms with Crippen LogP contribution in [-0.4, -0.2) is 6.21 Å². The standard InChI is InChI=1S/C24H17NS/c1-3-9-19(10-4-1)15-16-22-21-13-7-8-14-23(21)26-24(22)18-25-17-20-11-5-2-6-12-20/h1-14,18H,17H2. The van der Waals surface area contributed by atoms with E-state index < -0.39 is 0 Å². The van der Waals surface area contributed by atoms with E-state index in [1.165, 1.54) is 15.6 Å². The first-order valence-electron chi connectivity index (χ1n) is 8.52. The molecule has 1 nitrogen and oxygen atoms in total. The molecule has 0 amide bonds. The number of hydrogen-bond acceptors (Lipinski definition) is 2. The van der Waals surface area contributed by atoms with Crippen molar-refractivity contribution < 1.29 is 0 Å². The van der Waals surface area contributed by atoms with Crippen molar-refractivity contribution in [3.63, 3.8) is 0 Å². The molecule has 1 heterocycles. The molecule has 0 radical (unpaired) electrons. The zero-order chi connectivity index (χ0) is 17.6. The van der Waals surface area contributed by atoms with E-state index in [1.54, 1.807) is 11.3 Å². The van der Waals surface area contributed by atoms with E-state index in [1.807, 2.05) is 54.7 Å². The Labute approximate surface area is 157 Å². The van der Waals surface area contributed by atoms with E-state index in [-0.39, 0.29) is 0 Å². The third-order valence-electron chi connectivity index (χ3n) is 4.05. The Bertz CT molecular complexity index is 1100. The second-order valence-electron chi connectivity index (χ2n) is 5.91. The average Bonchev–Trinajstić information content (AvgIpc) is 3.05. The van der Waals surface area contributed by atoms with Gasteiger partial charge in [0.2, 0.25) is 0 Å². The summed E-state index contributed by atoms with van der Waals surface area (Å²) in [4.78, 5) is 5.76. The van der Waals surface area contributed by atoms with E-state index in [9.17, 15) is 0 Å². The van der Waals surface area contributed by atoms with Crippen LogP contribution in [0.25, 0.3) is 10.1 Å². The smallest absolute Gasteiger partial charge is 0.0640 e. The molecule has 124 valence electrons. The van der Waals surface area contributed by atoms with Crippen molar-refractivity contribution in [3.05, 3.63) is 106 Å². The molecule has 4 rings (SSSR count). The topological polar surface area (TPSA) is 12.4 Å². The van der Waals surface area contributed by atoms with Gasteiger partial charge in [0.05, 0.1) is 17.0 Å². The van der Waals surface area contributed by atoms with Gasteiger partial charge in [0, 0.05) is 21.9 Å². The second-order valence-corrected chi connectivity index (χ2v) is 6.99. The van der Waals surface area contributed by atoms with E-state index in [2.05, 4.69) is 53.2 Å². The van der Waals surface area contributed by atoms with Gasteiger partial charge in [0.25, 0.3) is 0 Å². The number of thiophene rings is 1. The summed E-state index contributed by atoms with van der Waals surface area (Å²) in [6.45, 7) is 0.681. The van der Waals surface area contributed by atoms with Crippen LogP contribution in [0.3, 0.4) is 0 Å². The normalized spacial score (nSPS) is 10.8. The molecule has 1 aromatic heterocycles. The first-order chi connectivity index (χ1) is 12.9. The van der Waals surface area contributed by atoms with Crippen LogP contribution >= 0.6 is 11.3 Å². The quantitative estimate of drug-likeness (QED) is 0.321. The van der Waals surface area contributed by atoms with Crippen molar-refractivity contribution in [2.45, 2.75) is 6.54 Å². The van der Waals surface area contributed by atoms with Crippen LogP contribution in [0.15, 0.2) is 89.9 Å². The molecule has 0 aliphatic rings. The minimum atomic E-state index is 0.681. The molecule has 0 fully saturated rings. The van der Waals surface area contributed by atoms with Gasteiger partial charge in [-0.05, 0) is 23.8 Å². The number of benzene rings is 3. The highest BCUT2D eigenvalue weighted by Crippen LogP contribution is 2.29. The van der Waals surface area contributed by atoms with Gasteiger partial charge in [-0.25, -0.2) is 0 Å². The maximum atomic E-state index is 4.64. The minimum absolute atomic E-state index is 0.681. The van der Waals surface area contributed by atoms with Gasteiger partial charge in [-0.3, -0.25) is 4.99 Å². The Kier molecular flexibility index (Phi) is 4.91. The van der Waals surface area contributed by atoms with Crippen LogP contribution in [0.4, 0.5) is 0 Å². The maximum absolute atomic E-state index is 4.64. The third-order valence-corrected chi connectivity index (χ3v) is 5.16. The van der Waals surface area contributed by atoms with Crippen molar-refractivity contribution >= 4 is 27.6 Å². The highest BCUT2D eigenvalue weighted by molar-refractivity contribution is 7.20. The Hall–Kier alpha value is -3.15. The molecule has 0 aliphatic heterocycles. The number of nitrogens with zero attached hydrogens (tertiary/aromatic N) is 1. The number of fused-ring (bicyclic) bond motifs is 1. The van der Waals surface area contributed by atoms with Crippen LogP contribution in [-0.2, 0) is 6.54 Å². The molecule has 0 aliphatic carbocycles. The number of rotatable bonds is 3. The fourth-order valence-electron chi connectivity index (χ4n) is 2.76. The molecule has 0 bridgehead atoms. The summed E-state index contributed by atoms with van der Waals surface area (Å²) in [6, 6.07) is 28.8. The van der Waals surface area contributed by atoms with Crippen LogP contribution in [0, 0.1) is 11.8 Å². The minimum Gasteiger partial charge on any atom is -0.287 e. The summed E-state index contributed by atoms with van der Waals surface area (Å²) < 4.78 is 1.24. The highest BCUT2D eigenvalue weighted by atomic mass is 32.1. The molecular weight excluding hydrogens is 334 g/mol. The van der Waals surface area contributed by atoms with Gasteiger partial charge < -0.3 is 0 Å². The van der Waals surface area contributed by atoms with Crippen molar-refractivity contribution in [3.8, 4) is 11.8 Å². The summed E-state index contributed by atoms with van der Waals surface area (Å²) >= 11 is 1.74. The van der Waals surface area contributed by atoms with Crippen molar-refractivity contribution in [2.24, 2.45) is 4.99 Å². The number of hydrogen-bond donors (Lipinski definition) is 0. The lowest BCUT2D eigenvalue weighted by Crippen LogP contribution is -1.85. The monoisotopic (exact) mass is 351 g/mol. The molecule has 0 unspecified atom stereocenters. The zero-order valence-corrected chi connectivity index (χ0v) is 15.0. The molecule has 0 atom stereocenters. The molecule has 2 heteroatoms. The van der Waals surface area contributed by atoms with E-state index in [0.29, 0.717) is 6.54 Å². The van der Waals surface area contributed by atoms with Gasteiger partial charge in [0.1, 0.15) is 0 Å². The lowest BCUT2D eigenvalue weighted by molar-refractivity contribution is 1.08. The lowest BCUT2D eigenvalue weighted by atomic mass is 10.1. The summed E-state index contributed by atoms with van der Waals surface area (Å²) in [5.74, 6) is 6.65. The number of aliphatic imine (C=N–C) groups is 1. The van der Waals surface area contributed by atoms with E-state index in [0.717, 1.165) is 16.0 Å². The van der Waals surface area contributed by atoms with Gasteiger partial charge in [0.15, 0.2) is 0 Å². The molecular formula is C24H17NS. The van der Waals surface area contributed by atoms with Gasteiger partial charge >= 0.3 is 0 Å². The van der Waals surface area contributed by atoms with Crippen LogP contribution in [0.1, 0.15) is 21.6 Å². The third kappa shape index (κ3) is 3.74. The predicted molar refractivity (Wildman–Crippen MR) is 112 cm³/mol. The van der Waals surface area contributed by atoms with E-state index >= 15 is 0 Å². The first kappa shape index (κ1) is 16.3. The van der Waals surface area contributed by atoms with Gasteiger partial charge in [-0.1, -0.05) is 78.6 Å². The Morgan fingerprint density at radius 2 is 1.46 bits per heavy atom. The lowest BCUT2D eigenvalue weighted by Gasteiger charge is -1.95. The maximum Gasteiger partial charge on any atom is 0.0640 e.